The lowest BCUT2D eigenvalue weighted by atomic mass is 9.92. The summed E-state index contributed by atoms with van der Waals surface area (Å²) < 4.78 is 1.14. The van der Waals surface area contributed by atoms with Gasteiger partial charge in [-0.25, -0.2) is 9.97 Å². The summed E-state index contributed by atoms with van der Waals surface area (Å²) in [6.07, 6.45) is 0. The van der Waals surface area contributed by atoms with Crippen LogP contribution in [0.4, 0.5) is 5.82 Å². The maximum absolute atomic E-state index is 4.94. The Labute approximate surface area is 150 Å². The van der Waals surface area contributed by atoms with E-state index in [2.05, 4.69) is 62.5 Å². The number of anilines is 1. The molecule has 0 spiro atoms. The average molecular weight is 437 g/mol. The van der Waals surface area contributed by atoms with Gasteiger partial charge in [-0.05, 0) is 22.6 Å². The fraction of sp³-hybridized carbons (Fsp3) is 0.733. The van der Waals surface area contributed by atoms with E-state index in [9.17, 15) is 0 Å². The van der Waals surface area contributed by atoms with Crippen molar-refractivity contribution in [1.82, 2.24) is 9.97 Å². The van der Waals surface area contributed by atoms with E-state index in [1.54, 1.807) is 0 Å². The third kappa shape index (κ3) is 3.99. The fourth-order valence-corrected chi connectivity index (χ4v) is 6.35. The number of rotatable bonds is 2. The molecule has 1 aliphatic rings. The van der Waals surface area contributed by atoms with E-state index < -0.39 is 0 Å². The maximum Gasteiger partial charge on any atom is 0.144 e. The normalized spacial score (nSPS) is 26.7. The number of thioether (sulfide) groups is 2. The average Bonchev–Trinajstić information content (AvgIpc) is 2.41. The van der Waals surface area contributed by atoms with Gasteiger partial charge in [0.1, 0.15) is 11.6 Å². The van der Waals surface area contributed by atoms with E-state index >= 15 is 0 Å². The number of aromatic nitrogens is 2. The highest BCUT2D eigenvalue weighted by atomic mass is 127. The van der Waals surface area contributed by atoms with Crippen molar-refractivity contribution in [3.8, 4) is 0 Å². The number of halogens is 1. The summed E-state index contributed by atoms with van der Waals surface area (Å²) in [4.78, 5) is 9.73. The molecule has 1 N–H and O–H groups in total. The van der Waals surface area contributed by atoms with Crippen LogP contribution in [0.15, 0.2) is 0 Å². The summed E-state index contributed by atoms with van der Waals surface area (Å²) >= 11 is 6.41. The third-order valence-corrected chi connectivity index (χ3v) is 8.06. The lowest BCUT2D eigenvalue weighted by Gasteiger charge is -2.31. The summed E-state index contributed by atoms with van der Waals surface area (Å²) in [5.74, 6) is 3.05. The molecular formula is C15H24IN3S2. The van der Waals surface area contributed by atoms with Crippen molar-refractivity contribution < 1.29 is 0 Å². The first-order valence-electron chi connectivity index (χ1n) is 7.26. The van der Waals surface area contributed by atoms with Crippen LogP contribution in [0, 0.1) is 3.57 Å². The highest BCUT2D eigenvalue weighted by Gasteiger charge is 2.31. The van der Waals surface area contributed by atoms with Crippen LogP contribution in [-0.4, -0.2) is 33.3 Å². The van der Waals surface area contributed by atoms with Gasteiger partial charge >= 0.3 is 0 Å². The largest absolute Gasteiger partial charge is 0.372 e. The first kappa shape index (κ1) is 17.7. The molecule has 3 unspecified atom stereocenters. The summed E-state index contributed by atoms with van der Waals surface area (Å²) in [6, 6.07) is 0. The van der Waals surface area contributed by atoms with Gasteiger partial charge in [0.25, 0.3) is 0 Å². The molecule has 3 nitrogen and oxygen atoms in total. The van der Waals surface area contributed by atoms with Crippen molar-refractivity contribution in [2.75, 3.05) is 18.1 Å². The highest BCUT2D eigenvalue weighted by molar-refractivity contribution is 14.1. The summed E-state index contributed by atoms with van der Waals surface area (Å²) in [5, 5.41) is 4.98. The van der Waals surface area contributed by atoms with E-state index in [-0.39, 0.29) is 5.41 Å². The van der Waals surface area contributed by atoms with Gasteiger partial charge in [-0.15, -0.1) is 11.8 Å². The molecule has 2 heterocycles. The van der Waals surface area contributed by atoms with Gasteiger partial charge in [-0.2, -0.15) is 11.8 Å². The van der Waals surface area contributed by atoms with Gasteiger partial charge in [-0.1, -0.05) is 34.6 Å². The number of hydrogen-bond acceptors (Lipinski definition) is 5. The highest BCUT2D eigenvalue weighted by Crippen LogP contribution is 2.44. The van der Waals surface area contributed by atoms with E-state index in [4.69, 9.17) is 9.97 Å². The molecule has 0 aliphatic carbocycles. The van der Waals surface area contributed by atoms with E-state index in [0.29, 0.717) is 15.7 Å². The van der Waals surface area contributed by atoms with E-state index in [1.165, 1.54) is 0 Å². The smallest absolute Gasteiger partial charge is 0.144 e. The SMILES string of the molecule is CNc1nc(C2CSC(C)C(C)S2)nc(C(C)(C)C)c1I. The first-order valence-corrected chi connectivity index (χ1v) is 10.3. The van der Waals surface area contributed by atoms with Gasteiger partial charge in [0.15, 0.2) is 0 Å². The molecule has 1 aromatic heterocycles. The molecule has 3 atom stereocenters. The van der Waals surface area contributed by atoms with Crippen LogP contribution >= 0.6 is 46.1 Å². The van der Waals surface area contributed by atoms with Crippen molar-refractivity contribution in [3.63, 3.8) is 0 Å². The van der Waals surface area contributed by atoms with Gasteiger partial charge < -0.3 is 5.32 Å². The lowest BCUT2D eigenvalue weighted by molar-refractivity contribution is 0.558. The van der Waals surface area contributed by atoms with Crippen LogP contribution in [0.25, 0.3) is 0 Å². The van der Waals surface area contributed by atoms with Crippen LogP contribution in [-0.2, 0) is 5.41 Å². The molecule has 1 saturated heterocycles. The Bertz CT molecular complexity index is 516. The van der Waals surface area contributed by atoms with Gasteiger partial charge in [0.05, 0.1) is 14.5 Å². The van der Waals surface area contributed by atoms with Crippen LogP contribution in [0.3, 0.4) is 0 Å². The van der Waals surface area contributed by atoms with Gasteiger partial charge in [-0.3, -0.25) is 0 Å². The molecule has 118 valence electrons. The van der Waals surface area contributed by atoms with E-state index in [0.717, 1.165) is 26.7 Å². The predicted molar refractivity (Wildman–Crippen MR) is 105 cm³/mol. The lowest BCUT2D eigenvalue weighted by Crippen LogP contribution is -2.25. The molecule has 2 rings (SSSR count). The zero-order chi connectivity index (χ0) is 15.8. The first-order chi connectivity index (χ1) is 9.74. The Morgan fingerprint density at radius 1 is 1.19 bits per heavy atom. The quantitative estimate of drug-likeness (QED) is 0.678. The Morgan fingerprint density at radius 3 is 2.38 bits per heavy atom. The number of hydrogen-bond donors (Lipinski definition) is 1. The second-order valence-corrected chi connectivity index (χ2v) is 10.5. The summed E-state index contributed by atoms with van der Waals surface area (Å²) in [6.45, 7) is 11.3. The zero-order valence-electron chi connectivity index (χ0n) is 13.5. The van der Waals surface area contributed by atoms with Crippen molar-refractivity contribution in [2.45, 2.75) is 55.8 Å². The molecule has 1 fully saturated rings. The van der Waals surface area contributed by atoms with Crippen LogP contribution < -0.4 is 5.32 Å². The number of nitrogens with zero attached hydrogens (tertiary/aromatic N) is 2. The molecule has 0 radical (unpaired) electrons. The van der Waals surface area contributed by atoms with Crippen LogP contribution in [0.1, 0.15) is 51.4 Å². The summed E-state index contributed by atoms with van der Waals surface area (Å²) in [5.41, 5.74) is 1.18. The minimum Gasteiger partial charge on any atom is -0.372 e. The molecule has 6 heteroatoms. The third-order valence-electron chi connectivity index (χ3n) is 3.65. The monoisotopic (exact) mass is 437 g/mol. The zero-order valence-corrected chi connectivity index (χ0v) is 17.3. The predicted octanol–water partition coefficient (Wildman–Crippen LogP) is 4.72. The minimum atomic E-state index is 0.0329. The molecule has 0 amide bonds. The molecule has 1 aliphatic heterocycles. The maximum atomic E-state index is 4.94. The van der Waals surface area contributed by atoms with Gasteiger partial charge in [0, 0.05) is 28.7 Å². The van der Waals surface area contributed by atoms with Crippen molar-refractivity contribution in [2.24, 2.45) is 0 Å². The Kier molecular flexibility index (Phi) is 5.74. The fourth-order valence-electron chi connectivity index (χ4n) is 2.19. The Morgan fingerprint density at radius 2 is 1.86 bits per heavy atom. The number of nitrogens with one attached hydrogen (secondary N) is 1. The van der Waals surface area contributed by atoms with E-state index in [1.807, 2.05) is 30.6 Å². The van der Waals surface area contributed by atoms with Crippen LogP contribution in [0.5, 0.6) is 0 Å². The molecule has 0 bridgehead atoms. The summed E-state index contributed by atoms with van der Waals surface area (Å²) in [7, 11) is 1.94. The molecule has 21 heavy (non-hydrogen) atoms. The van der Waals surface area contributed by atoms with Crippen LogP contribution in [0.2, 0.25) is 0 Å². The molecule has 0 aromatic carbocycles. The molecular weight excluding hydrogens is 413 g/mol. The van der Waals surface area contributed by atoms with Crippen molar-refractivity contribution >= 4 is 51.9 Å². The Balaban J connectivity index is 2.40. The molecule has 0 saturated carbocycles. The minimum absolute atomic E-state index is 0.0329. The van der Waals surface area contributed by atoms with Crippen molar-refractivity contribution in [3.05, 3.63) is 15.1 Å². The second kappa shape index (κ2) is 6.83. The van der Waals surface area contributed by atoms with Crippen molar-refractivity contribution in [1.29, 1.82) is 0 Å². The van der Waals surface area contributed by atoms with Gasteiger partial charge in [0.2, 0.25) is 0 Å². The standard InChI is InChI=1S/C15H24IN3S2/c1-8-9(2)21-10(7-20-8)13-18-12(15(3,4)5)11(16)14(17-6)19-13/h8-10H,7H2,1-6H3,(H,17,18,19). The molecule has 1 aromatic rings. The Hall–Kier alpha value is 0.310. The topological polar surface area (TPSA) is 37.8 Å². The second-order valence-electron chi connectivity index (χ2n) is 6.46.